The van der Waals surface area contributed by atoms with E-state index in [9.17, 15) is 9.59 Å². The van der Waals surface area contributed by atoms with Crippen molar-refractivity contribution >= 4 is 46.5 Å². The van der Waals surface area contributed by atoms with Crippen LogP contribution in [-0.2, 0) is 4.79 Å². The molecule has 2 aromatic carbocycles. The number of halogens is 1. The van der Waals surface area contributed by atoms with E-state index >= 15 is 0 Å². The van der Waals surface area contributed by atoms with Crippen molar-refractivity contribution in [3.63, 3.8) is 0 Å². The van der Waals surface area contributed by atoms with Gasteiger partial charge in [0.2, 0.25) is 0 Å². The highest BCUT2D eigenvalue weighted by Crippen LogP contribution is 2.23. The van der Waals surface area contributed by atoms with Gasteiger partial charge in [0.25, 0.3) is 5.91 Å². The number of carboxylic acid groups (broad SMARTS) is 1. The lowest BCUT2D eigenvalue weighted by atomic mass is 10.2. The predicted molar refractivity (Wildman–Crippen MR) is 99.4 cm³/mol. The highest BCUT2D eigenvalue weighted by atomic mass is 35.5. The Morgan fingerprint density at radius 1 is 1.24 bits per heavy atom. The lowest BCUT2D eigenvalue weighted by Gasteiger charge is -2.12. The van der Waals surface area contributed by atoms with Gasteiger partial charge in [-0.1, -0.05) is 23.7 Å². The van der Waals surface area contributed by atoms with Gasteiger partial charge < -0.3 is 15.2 Å². The van der Waals surface area contributed by atoms with Crippen LogP contribution in [-0.4, -0.2) is 28.7 Å². The average Bonchev–Trinajstić information content (AvgIpc) is 2.55. The molecule has 1 amide bonds. The van der Waals surface area contributed by atoms with E-state index in [0.717, 1.165) is 5.56 Å². The molecule has 0 fully saturated rings. The van der Waals surface area contributed by atoms with Gasteiger partial charge in [0, 0.05) is 0 Å². The van der Waals surface area contributed by atoms with E-state index in [1.807, 2.05) is 19.1 Å². The van der Waals surface area contributed by atoms with E-state index < -0.39 is 11.9 Å². The maximum absolute atomic E-state index is 11.9. The molecule has 0 aliphatic heterocycles. The number of anilines is 1. The first-order valence-corrected chi connectivity index (χ1v) is 7.97. The van der Waals surface area contributed by atoms with Crippen molar-refractivity contribution in [2.24, 2.45) is 0 Å². The molecule has 130 valence electrons. The normalized spacial score (nSPS) is 10.0. The Hall–Kier alpha value is -2.64. The summed E-state index contributed by atoms with van der Waals surface area (Å²) in [6.07, 6.45) is 0. The molecule has 6 nitrogen and oxygen atoms in total. The monoisotopic (exact) mass is 378 g/mol. The number of amides is 1. The van der Waals surface area contributed by atoms with E-state index in [0.29, 0.717) is 5.75 Å². The van der Waals surface area contributed by atoms with Crippen molar-refractivity contribution in [3.05, 3.63) is 58.6 Å². The minimum atomic E-state index is -1.10. The molecule has 0 bridgehead atoms. The fourth-order valence-corrected chi connectivity index (χ4v) is 2.31. The quantitative estimate of drug-likeness (QED) is 0.692. The Balaban J connectivity index is 1.90. The van der Waals surface area contributed by atoms with Crippen LogP contribution < -0.4 is 15.4 Å². The molecular weight excluding hydrogens is 364 g/mol. The molecule has 0 saturated carbocycles. The minimum absolute atomic E-state index is 0.0118. The van der Waals surface area contributed by atoms with Crippen LogP contribution in [0, 0.1) is 6.92 Å². The zero-order valence-corrected chi connectivity index (χ0v) is 14.8. The van der Waals surface area contributed by atoms with Gasteiger partial charge in [0.1, 0.15) is 5.75 Å². The van der Waals surface area contributed by atoms with E-state index in [1.165, 1.54) is 18.2 Å². The Morgan fingerprint density at radius 2 is 2.00 bits per heavy atom. The van der Waals surface area contributed by atoms with Crippen LogP contribution >= 0.6 is 23.8 Å². The van der Waals surface area contributed by atoms with E-state index in [4.69, 9.17) is 33.7 Å². The molecule has 0 aliphatic rings. The van der Waals surface area contributed by atoms with Gasteiger partial charge in [-0.15, -0.1) is 0 Å². The summed E-state index contributed by atoms with van der Waals surface area (Å²) in [5.41, 5.74) is 1.35. The van der Waals surface area contributed by atoms with Crippen molar-refractivity contribution in [2.45, 2.75) is 6.92 Å². The number of nitrogens with one attached hydrogen (secondary N) is 2. The van der Waals surface area contributed by atoms with Crippen LogP contribution in [0.1, 0.15) is 15.9 Å². The number of benzene rings is 2. The number of ether oxygens (including phenoxy) is 1. The summed E-state index contributed by atoms with van der Waals surface area (Å²) in [4.78, 5) is 22.9. The molecule has 0 aliphatic carbocycles. The maximum atomic E-state index is 11.9. The second-order valence-corrected chi connectivity index (χ2v) is 5.92. The van der Waals surface area contributed by atoms with Crippen molar-refractivity contribution in [2.75, 3.05) is 11.9 Å². The Bertz CT molecular complexity index is 826. The third-order valence-electron chi connectivity index (χ3n) is 3.07. The van der Waals surface area contributed by atoms with Crippen LogP contribution in [0.2, 0.25) is 5.02 Å². The lowest BCUT2D eigenvalue weighted by molar-refractivity contribution is -0.121. The summed E-state index contributed by atoms with van der Waals surface area (Å²) in [6.45, 7) is 1.70. The standard InChI is InChI=1S/C17H15ClN2O4S/c1-10-3-2-4-12(7-10)24-9-15(21)20-17(25)19-14-8-11(16(22)23)5-6-13(14)18/h2-8H,9H2,1H3,(H,22,23)(H2,19,20,21,25). The number of carbonyl (C=O) groups is 2. The van der Waals surface area contributed by atoms with E-state index in [2.05, 4.69) is 10.6 Å². The molecule has 25 heavy (non-hydrogen) atoms. The van der Waals surface area contributed by atoms with Crippen molar-refractivity contribution in [1.29, 1.82) is 0 Å². The van der Waals surface area contributed by atoms with Crippen molar-refractivity contribution in [1.82, 2.24) is 5.32 Å². The second-order valence-electron chi connectivity index (χ2n) is 5.11. The topological polar surface area (TPSA) is 87.7 Å². The fourth-order valence-electron chi connectivity index (χ4n) is 1.92. The maximum Gasteiger partial charge on any atom is 0.335 e. The lowest BCUT2D eigenvalue weighted by Crippen LogP contribution is -2.37. The van der Waals surface area contributed by atoms with Crippen LogP contribution in [0.15, 0.2) is 42.5 Å². The summed E-state index contributed by atoms with van der Waals surface area (Å²) >= 11 is 11.0. The van der Waals surface area contributed by atoms with Gasteiger partial charge in [-0.05, 0) is 55.0 Å². The third kappa shape index (κ3) is 5.74. The number of thiocarbonyl (C=S) groups is 1. The molecule has 2 rings (SSSR count). The van der Waals surface area contributed by atoms with Gasteiger partial charge in [-0.2, -0.15) is 0 Å². The molecule has 2 aromatic rings. The smallest absolute Gasteiger partial charge is 0.335 e. The summed E-state index contributed by atoms with van der Waals surface area (Å²) in [7, 11) is 0. The average molecular weight is 379 g/mol. The van der Waals surface area contributed by atoms with Gasteiger partial charge >= 0.3 is 5.97 Å². The number of aryl methyl sites for hydroxylation is 1. The molecule has 0 aromatic heterocycles. The number of rotatable bonds is 5. The number of carboxylic acids is 1. The van der Waals surface area contributed by atoms with Crippen molar-refractivity contribution in [3.8, 4) is 5.75 Å². The predicted octanol–water partition coefficient (Wildman–Crippen LogP) is 3.24. The van der Waals surface area contributed by atoms with Gasteiger partial charge in [0.05, 0.1) is 16.3 Å². The van der Waals surface area contributed by atoms with Crippen LogP contribution in [0.3, 0.4) is 0 Å². The van der Waals surface area contributed by atoms with Gasteiger partial charge in [-0.25, -0.2) is 4.79 Å². The first-order valence-electron chi connectivity index (χ1n) is 7.18. The van der Waals surface area contributed by atoms with Crippen molar-refractivity contribution < 1.29 is 19.4 Å². The van der Waals surface area contributed by atoms with Crippen LogP contribution in [0.25, 0.3) is 0 Å². The first-order chi connectivity index (χ1) is 11.8. The highest BCUT2D eigenvalue weighted by Gasteiger charge is 2.10. The van der Waals surface area contributed by atoms with E-state index in [-0.39, 0.29) is 28.0 Å². The number of hydrogen-bond donors (Lipinski definition) is 3. The minimum Gasteiger partial charge on any atom is -0.484 e. The molecule has 0 heterocycles. The number of carbonyl (C=O) groups excluding carboxylic acids is 1. The summed E-state index contributed by atoms with van der Waals surface area (Å²) in [5.74, 6) is -0.975. The largest absolute Gasteiger partial charge is 0.484 e. The van der Waals surface area contributed by atoms with Crippen LogP contribution in [0.4, 0.5) is 5.69 Å². The second kappa shape index (κ2) is 8.46. The number of hydrogen-bond acceptors (Lipinski definition) is 4. The first kappa shape index (κ1) is 18.7. The molecule has 0 unspecified atom stereocenters. The molecular formula is C17H15ClN2O4S. The van der Waals surface area contributed by atoms with E-state index in [1.54, 1.807) is 12.1 Å². The zero-order valence-electron chi connectivity index (χ0n) is 13.2. The van der Waals surface area contributed by atoms with Crippen LogP contribution in [0.5, 0.6) is 5.75 Å². The molecule has 3 N–H and O–H groups in total. The third-order valence-corrected chi connectivity index (χ3v) is 3.61. The Kier molecular flexibility index (Phi) is 6.32. The molecule has 8 heteroatoms. The molecule has 0 spiro atoms. The number of aromatic carboxylic acids is 1. The SMILES string of the molecule is Cc1cccc(OCC(=O)NC(=S)Nc2cc(C(=O)O)ccc2Cl)c1. The zero-order chi connectivity index (χ0) is 18.4. The summed E-state index contributed by atoms with van der Waals surface area (Å²) < 4.78 is 5.37. The van der Waals surface area contributed by atoms with Gasteiger partial charge in [0.15, 0.2) is 11.7 Å². The molecule has 0 atom stereocenters. The molecule has 0 saturated heterocycles. The fraction of sp³-hybridized carbons (Fsp3) is 0.118. The Morgan fingerprint density at radius 3 is 2.68 bits per heavy atom. The summed E-state index contributed by atoms with van der Waals surface area (Å²) in [5, 5.41) is 14.4. The highest BCUT2D eigenvalue weighted by molar-refractivity contribution is 7.80. The molecule has 0 radical (unpaired) electrons. The van der Waals surface area contributed by atoms with Gasteiger partial charge in [-0.3, -0.25) is 10.1 Å². The summed E-state index contributed by atoms with van der Waals surface area (Å²) in [6, 6.07) is 11.4. The Labute approximate surface area is 154 Å².